The van der Waals surface area contributed by atoms with Crippen molar-refractivity contribution in [3.63, 3.8) is 0 Å². The zero-order valence-corrected chi connectivity index (χ0v) is 10.9. The highest BCUT2D eigenvalue weighted by Gasteiger charge is 1.97. The van der Waals surface area contributed by atoms with Gasteiger partial charge >= 0.3 is 0 Å². The lowest BCUT2D eigenvalue weighted by Crippen LogP contribution is -2.17. The molecule has 0 unspecified atom stereocenters. The number of nitrogens with zero attached hydrogens (tertiary/aromatic N) is 2. The maximum absolute atomic E-state index is 12.7. The fourth-order valence-corrected chi connectivity index (χ4v) is 1.69. The van der Waals surface area contributed by atoms with Gasteiger partial charge in [-0.1, -0.05) is 12.1 Å². The molecule has 0 radical (unpaired) electrons. The van der Waals surface area contributed by atoms with Crippen LogP contribution in [0.25, 0.3) is 0 Å². The molecule has 0 aliphatic carbocycles. The van der Waals surface area contributed by atoms with Gasteiger partial charge in [0.05, 0.1) is 0 Å². The molecule has 1 aromatic carbocycles. The Balaban J connectivity index is 1.72. The fraction of sp³-hybridized carbons (Fsp3) is 0.286. The molecule has 0 saturated carbocycles. The Morgan fingerprint density at radius 1 is 1.05 bits per heavy atom. The maximum Gasteiger partial charge on any atom is 0.222 e. The summed E-state index contributed by atoms with van der Waals surface area (Å²) in [5.41, 5.74) is 2.16. The van der Waals surface area contributed by atoms with E-state index in [9.17, 15) is 4.39 Å². The van der Waals surface area contributed by atoms with E-state index in [1.165, 1.54) is 12.1 Å². The Hall–Kier alpha value is -2.01. The summed E-state index contributed by atoms with van der Waals surface area (Å²) in [7, 11) is 1.79. The summed E-state index contributed by atoms with van der Waals surface area (Å²) < 4.78 is 12.7. The first kappa shape index (κ1) is 13.4. The highest BCUT2D eigenvalue weighted by atomic mass is 19.1. The van der Waals surface area contributed by atoms with Crippen LogP contribution in [0.15, 0.2) is 36.7 Å². The number of halogens is 1. The highest BCUT2D eigenvalue weighted by molar-refractivity contribution is 5.23. The quantitative estimate of drug-likeness (QED) is 0.780. The maximum atomic E-state index is 12.7. The van der Waals surface area contributed by atoms with Crippen LogP contribution in [0.2, 0.25) is 0 Å². The molecular weight excluding hydrogens is 243 g/mol. The molecule has 0 amide bonds. The van der Waals surface area contributed by atoms with Gasteiger partial charge in [0.15, 0.2) is 0 Å². The molecule has 0 bridgehead atoms. The van der Waals surface area contributed by atoms with Crippen molar-refractivity contribution in [1.29, 1.82) is 0 Å². The smallest absolute Gasteiger partial charge is 0.222 e. The van der Waals surface area contributed by atoms with Crippen molar-refractivity contribution in [1.82, 2.24) is 15.3 Å². The second kappa shape index (κ2) is 6.80. The lowest BCUT2D eigenvalue weighted by atomic mass is 10.1. The molecule has 2 rings (SSSR count). The van der Waals surface area contributed by atoms with Crippen LogP contribution >= 0.6 is 0 Å². The molecule has 2 aromatic rings. The number of rotatable bonds is 6. The van der Waals surface area contributed by atoms with Crippen molar-refractivity contribution < 1.29 is 4.39 Å². The summed E-state index contributed by atoms with van der Waals surface area (Å²) in [5.74, 6) is 0.425. The largest absolute Gasteiger partial charge is 0.357 e. The van der Waals surface area contributed by atoms with E-state index in [1.54, 1.807) is 19.4 Å². The predicted octanol–water partition coefficient (Wildman–Crippen LogP) is 1.99. The Morgan fingerprint density at radius 3 is 2.37 bits per heavy atom. The zero-order chi connectivity index (χ0) is 13.5. The third kappa shape index (κ3) is 4.30. The second-order valence-corrected chi connectivity index (χ2v) is 4.22. The Kier molecular flexibility index (Phi) is 4.80. The van der Waals surface area contributed by atoms with Gasteiger partial charge in [-0.25, -0.2) is 14.4 Å². The third-order valence-electron chi connectivity index (χ3n) is 2.76. The molecule has 0 saturated heterocycles. The van der Waals surface area contributed by atoms with Gasteiger partial charge in [-0.2, -0.15) is 0 Å². The standard InChI is InChI=1S/C14H17FN4/c1-16-14-18-9-12(10-19-14)8-17-7-6-11-2-4-13(15)5-3-11/h2-5,9-10,17H,6-8H2,1H3,(H,16,18,19). The van der Waals surface area contributed by atoms with Gasteiger partial charge in [0.2, 0.25) is 5.95 Å². The van der Waals surface area contributed by atoms with Crippen LogP contribution in [0.3, 0.4) is 0 Å². The Labute approximate surface area is 112 Å². The zero-order valence-electron chi connectivity index (χ0n) is 10.9. The van der Waals surface area contributed by atoms with E-state index >= 15 is 0 Å². The summed E-state index contributed by atoms with van der Waals surface area (Å²) in [4.78, 5) is 8.28. The Bertz CT molecular complexity index is 496. The lowest BCUT2D eigenvalue weighted by molar-refractivity contribution is 0.626. The molecule has 100 valence electrons. The Morgan fingerprint density at radius 2 is 1.74 bits per heavy atom. The first-order valence-electron chi connectivity index (χ1n) is 6.22. The van der Waals surface area contributed by atoms with E-state index in [0.717, 1.165) is 30.6 Å². The molecule has 0 atom stereocenters. The normalized spacial score (nSPS) is 10.4. The number of anilines is 1. The minimum absolute atomic E-state index is 0.196. The third-order valence-corrected chi connectivity index (χ3v) is 2.76. The number of benzene rings is 1. The average molecular weight is 260 g/mol. The lowest BCUT2D eigenvalue weighted by Gasteiger charge is -2.05. The topological polar surface area (TPSA) is 49.8 Å². The van der Waals surface area contributed by atoms with E-state index in [0.29, 0.717) is 5.95 Å². The minimum Gasteiger partial charge on any atom is -0.357 e. The van der Waals surface area contributed by atoms with Gasteiger partial charge in [0.1, 0.15) is 5.82 Å². The van der Waals surface area contributed by atoms with Crippen molar-refractivity contribution >= 4 is 5.95 Å². The average Bonchev–Trinajstić information content (AvgIpc) is 2.46. The molecule has 0 fully saturated rings. The number of hydrogen-bond acceptors (Lipinski definition) is 4. The number of nitrogens with one attached hydrogen (secondary N) is 2. The van der Waals surface area contributed by atoms with Crippen LogP contribution in [0.1, 0.15) is 11.1 Å². The summed E-state index contributed by atoms with van der Waals surface area (Å²) in [6.07, 6.45) is 4.46. The first-order valence-corrected chi connectivity index (χ1v) is 6.22. The predicted molar refractivity (Wildman–Crippen MR) is 73.4 cm³/mol. The first-order chi connectivity index (χ1) is 9.28. The van der Waals surface area contributed by atoms with Crippen LogP contribution in [0, 0.1) is 5.82 Å². The molecule has 0 spiro atoms. The molecular formula is C14H17FN4. The molecule has 0 aliphatic heterocycles. The molecule has 0 aliphatic rings. The van der Waals surface area contributed by atoms with Gasteiger partial charge in [-0.05, 0) is 30.7 Å². The number of hydrogen-bond donors (Lipinski definition) is 2. The van der Waals surface area contributed by atoms with Crippen LogP contribution in [-0.4, -0.2) is 23.6 Å². The molecule has 1 heterocycles. The molecule has 4 nitrogen and oxygen atoms in total. The highest BCUT2D eigenvalue weighted by Crippen LogP contribution is 2.03. The fourth-order valence-electron chi connectivity index (χ4n) is 1.69. The van der Waals surface area contributed by atoms with Crippen molar-refractivity contribution in [2.24, 2.45) is 0 Å². The van der Waals surface area contributed by atoms with E-state index in [4.69, 9.17) is 0 Å². The van der Waals surface area contributed by atoms with Crippen molar-refractivity contribution in [2.75, 3.05) is 18.9 Å². The van der Waals surface area contributed by atoms with E-state index in [2.05, 4.69) is 20.6 Å². The van der Waals surface area contributed by atoms with E-state index in [-0.39, 0.29) is 5.82 Å². The second-order valence-electron chi connectivity index (χ2n) is 4.22. The SMILES string of the molecule is CNc1ncc(CNCCc2ccc(F)cc2)cn1. The van der Waals surface area contributed by atoms with Gasteiger partial charge in [0.25, 0.3) is 0 Å². The number of aromatic nitrogens is 2. The van der Waals surface area contributed by atoms with Gasteiger partial charge < -0.3 is 10.6 Å². The molecule has 19 heavy (non-hydrogen) atoms. The van der Waals surface area contributed by atoms with Crippen LogP contribution in [0.5, 0.6) is 0 Å². The molecule has 5 heteroatoms. The van der Waals surface area contributed by atoms with E-state index in [1.807, 2.05) is 12.1 Å². The molecule has 2 N–H and O–H groups in total. The summed E-state index contributed by atoms with van der Waals surface area (Å²) >= 11 is 0. The summed E-state index contributed by atoms with van der Waals surface area (Å²) in [6, 6.07) is 6.59. The van der Waals surface area contributed by atoms with Crippen molar-refractivity contribution in [2.45, 2.75) is 13.0 Å². The summed E-state index contributed by atoms with van der Waals surface area (Å²) in [6.45, 7) is 1.56. The van der Waals surface area contributed by atoms with Gasteiger partial charge in [-0.15, -0.1) is 0 Å². The van der Waals surface area contributed by atoms with E-state index < -0.39 is 0 Å². The molecule has 1 aromatic heterocycles. The van der Waals surface area contributed by atoms with Crippen molar-refractivity contribution in [3.8, 4) is 0 Å². The monoisotopic (exact) mass is 260 g/mol. The summed E-state index contributed by atoms with van der Waals surface area (Å²) in [5, 5.41) is 6.18. The van der Waals surface area contributed by atoms with Crippen LogP contribution in [-0.2, 0) is 13.0 Å². The van der Waals surface area contributed by atoms with Crippen LogP contribution in [0.4, 0.5) is 10.3 Å². The van der Waals surface area contributed by atoms with Crippen LogP contribution < -0.4 is 10.6 Å². The van der Waals surface area contributed by atoms with Gasteiger partial charge in [0, 0.05) is 31.5 Å². The van der Waals surface area contributed by atoms with Crippen molar-refractivity contribution in [3.05, 3.63) is 53.6 Å². The minimum atomic E-state index is -0.196. The van der Waals surface area contributed by atoms with Gasteiger partial charge in [-0.3, -0.25) is 0 Å².